The lowest BCUT2D eigenvalue weighted by Crippen LogP contribution is -2.23. The van der Waals surface area contributed by atoms with Gasteiger partial charge in [-0.3, -0.25) is 0 Å². The molecule has 0 radical (unpaired) electrons. The molecule has 0 aliphatic carbocycles. The van der Waals surface area contributed by atoms with Gasteiger partial charge >= 0.3 is 11.9 Å². The molecule has 0 aromatic heterocycles. The predicted octanol–water partition coefficient (Wildman–Crippen LogP) is 6.09. The lowest BCUT2D eigenvalue weighted by atomic mass is 9.97. The Morgan fingerprint density at radius 2 is 1.43 bits per heavy atom. The summed E-state index contributed by atoms with van der Waals surface area (Å²) in [5.41, 5.74) is 0.377. The van der Waals surface area contributed by atoms with Crippen LogP contribution in [0.15, 0.2) is 84.7 Å². The van der Waals surface area contributed by atoms with Gasteiger partial charge in [0.05, 0.1) is 56.5 Å². The van der Waals surface area contributed by atoms with Gasteiger partial charge in [0, 0.05) is 25.6 Å². The molecule has 0 saturated heterocycles. The van der Waals surface area contributed by atoms with Crippen LogP contribution < -0.4 is 14.2 Å². The van der Waals surface area contributed by atoms with E-state index in [1.165, 1.54) is 18.2 Å². The monoisotopic (exact) mass is 640 g/mol. The molecular formula is C36H48O10. The lowest BCUT2D eigenvalue weighted by Gasteiger charge is -2.21. The molecule has 46 heavy (non-hydrogen) atoms. The molecule has 0 aliphatic rings. The molecule has 1 N–H and O–H groups in total. The molecule has 2 aromatic carbocycles. The van der Waals surface area contributed by atoms with Crippen LogP contribution >= 0.6 is 0 Å². The number of aliphatic hydroxyl groups excluding tert-OH is 1. The fourth-order valence-electron chi connectivity index (χ4n) is 3.63. The van der Waals surface area contributed by atoms with Gasteiger partial charge in [0.2, 0.25) is 0 Å². The smallest absolute Gasteiger partial charge is 0.343 e. The first-order chi connectivity index (χ1) is 22.2. The van der Waals surface area contributed by atoms with E-state index in [0.29, 0.717) is 69.7 Å². The number of hydrogen-bond donors (Lipinski definition) is 1. The average molecular weight is 641 g/mol. The molecule has 0 heterocycles. The summed E-state index contributed by atoms with van der Waals surface area (Å²) in [6, 6.07) is 12.8. The highest BCUT2D eigenvalue weighted by molar-refractivity contribution is 5.93. The minimum atomic E-state index is -0.585. The zero-order valence-electron chi connectivity index (χ0n) is 27.5. The summed E-state index contributed by atoms with van der Waals surface area (Å²) in [7, 11) is 1.61. The fraction of sp³-hybridized carbons (Fsp3) is 0.444. The van der Waals surface area contributed by atoms with Gasteiger partial charge in [0.25, 0.3) is 0 Å². The number of carbonyl (C=O) groups is 2. The quantitative estimate of drug-likeness (QED) is 0.0382. The van der Waals surface area contributed by atoms with Gasteiger partial charge in [0.1, 0.15) is 23.9 Å². The van der Waals surface area contributed by atoms with Gasteiger partial charge in [-0.1, -0.05) is 33.4 Å². The molecular weight excluding hydrogens is 592 g/mol. The fourth-order valence-corrected chi connectivity index (χ4v) is 3.63. The second-order valence-corrected chi connectivity index (χ2v) is 11.0. The van der Waals surface area contributed by atoms with Gasteiger partial charge in [-0.25, -0.2) is 9.59 Å². The van der Waals surface area contributed by atoms with E-state index in [4.69, 9.17) is 33.2 Å². The van der Waals surface area contributed by atoms with Gasteiger partial charge in [-0.15, -0.1) is 0 Å². The lowest BCUT2D eigenvalue weighted by molar-refractivity contribution is -0.129. The molecule has 0 unspecified atom stereocenters. The summed E-state index contributed by atoms with van der Waals surface area (Å²) in [6.07, 6.45) is 7.07. The molecule has 10 heteroatoms. The third-order valence-electron chi connectivity index (χ3n) is 6.41. The first kappa shape index (κ1) is 38.2. The molecule has 0 aliphatic heterocycles. The van der Waals surface area contributed by atoms with Gasteiger partial charge in [-0.05, 0) is 73.5 Å². The third-order valence-corrected chi connectivity index (χ3v) is 6.41. The minimum Gasteiger partial charge on any atom is -0.498 e. The minimum absolute atomic E-state index is 0.0832. The topological polar surface area (TPSA) is 119 Å². The second kappa shape index (κ2) is 21.7. The molecule has 0 saturated carbocycles. The van der Waals surface area contributed by atoms with Gasteiger partial charge in [0.15, 0.2) is 0 Å². The summed E-state index contributed by atoms with van der Waals surface area (Å²) >= 11 is 0. The second-order valence-electron chi connectivity index (χ2n) is 11.0. The standard InChI is InChI=1S/C36H48O10/c1-6-28(10-13-30(7-2)43-21-9-8-20-42-27-36(3,4)26-37)34(38)45-32-16-18-33(19-17-32)46-35(39)29-11-14-31(15-12-29)44-25-24-41-23-22-40-5/h6,10-19,37H,1,7-9,20-27H2,2-5H3/b28-10+,30-13+. The largest absolute Gasteiger partial charge is 0.498 e. The molecule has 0 bridgehead atoms. The van der Waals surface area contributed by atoms with Crippen molar-refractivity contribution in [3.8, 4) is 17.2 Å². The first-order valence-corrected chi connectivity index (χ1v) is 15.4. The maximum atomic E-state index is 12.7. The normalized spacial score (nSPS) is 12.0. The summed E-state index contributed by atoms with van der Waals surface area (Å²) in [4.78, 5) is 25.3. The van der Waals surface area contributed by atoms with Crippen molar-refractivity contribution in [2.75, 3.05) is 60.0 Å². The molecule has 0 amide bonds. The number of ether oxygens (including phenoxy) is 7. The van der Waals surface area contributed by atoms with E-state index < -0.39 is 11.9 Å². The highest BCUT2D eigenvalue weighted by Gasteiger charge is 2.16. The number of esters is 2. The van der Waals surface area contributed by atoms with Crippen LogP contribution in [-0.2, 0) is 23.7 Å². The Morgan fingerprint density at radius 1 is 0.804 bits per heavy atom. The zero-order chi connectivity index (χ0) is 33.6. The number of methoxy groups -OCH3 is 1. The van der Waals surface area contributed by atoms with Gasteiger partial charge in [-0.2, -0.15) is 0 Å². The number of aliphatic hydroxyl groups is 1. The van der Waals surface area contributed by atoms with Crippen molar-refractivity contribution >= 4 is 11.9 Å². The van der Waals surface area contributed by atoms with Crippen LogP contribution in [-0.4, -0.2) is 77.0 Å². The molecule has 0 atom stereocenters. The van der Waals surface area contributed by atoms with Crippen molar-refractivity contribution < 1.29 is 47.9 Å². The Kier molecular flexibility index (Phi) is 18.0. The Hall–Kier alpha value is -3.96. The number of hydrogen-bond acceptors (Lipinski definition) is 10. The highest BCUT2D eigenvalue weighted by Crippen LogP contribution is 2.21. The summed E-state index contributed by atoms with van der Waals surface area (Å²) in [5.74, 6) is 0.797. The first-order valence-electron chi connectivity index (χ1n) is 15.4. The third kappa shape index (κ3) is 15.4. The summed E-state index contributed by atoms with van der Waals surface area (Å²) in [5, 5.41) is 9.28. The number of unbranched alkanes of at least 4 members (excludes halogenated alkanes) is 1. The van der Waals surface area contributed by atoms with E-state index in [1.807, 2.05) is 20.8 Å². The Labute approximate surface area is 272 Å². The van der Waals surface area contributed by atoms with Crippen LogP contribution in [0, 0.1) is 5.41 Å². The number of benzene rings is 2. The molecule has 0 spiro atoms. The van der Waals surface area contributed by atoms with Crippen LogP contribution in [0.4, 0.5) is 0 Å². The Morgan fingerprint density at radius 3 is 2.07 bits per heavy atom. The van der Waals surface area contributed by atoms with Crippen molar-refractivity contribution in [1.29, 1.82) is 0 Å². The number of allylic oxidation sites excluding steroid dienone is 3. The number of carbonyl (C=O) groups excluding carboxylic acids is 2. The molecule has 10 nitrogen and oxygen atoms in total. The van der Waals surface area contributed by atoms with Gasteiger partial charge < -0.3 is 38.3 Å². The molecule has 2 aromatic rings. The highest BCUT2D eigenvalue weighted by atomic mass is 16.5. The predicted molar refractivity (Wildman–Crippen MR) is 175 cm³/mol. The van der Waals surface area contributed by atoms with Crippen molar-refractivity contribution in [2.24, 2.45) is 5.41 Å². The van der Waals surface area contributed by atoms with E-state index >= 15 is 0 Å². The summed E-state index contributed by atoms with van der Waals surface area (Å²) < 4.78 is 38.2. The SMILES string of the molecule is C=C/C(=C\C=C(/CC)OCCCCOCC(C)(C)CO)C(=O)Oc1ccc(OC(=O)c2ccc(OCCOCCOC)cc2)cc1. The van der Waals surface area contributed by atoms with Crippen LogP contribution in [0.5, 0.6) is 17.2 Å². The number of rotatable bonds is 23. The van der Waals surface area contributed by atoms with Crippen LogP contribution in [0.2, 0.25) is 0 Å². The van der Waals surface area contributed by atoms with E-state index in [9.17, 15) is 14.7 Å². The summed E-state index contributed by atoms with van der Waals surface area (Å²) in [6.45, 7) is 13.1. The van der Waals surface area contributed by atoms with Crippen LogP contribution in [0.3, 0.4) is 0 Å². The van der Waals surface area contributed by atoms with Crippen LogP contribution in [0.1, 0.15) is 50.4 Å². The Balaban J connectivity index is 1.80. The Bertz CT molecular complexity index is 1250. The van der Waals surface area contributed by atoms with E-state index in [2.05, 4.69) is 6.58 Å². The van der Waals surface area contributed by atoms with E-state index in [1.54, 1.807) is 55.7 Å². The maximum Gasteiger partial charge on any atom is 0.343 e. The maximum absolute atomic E-state index is 12.7. The van der Waals surface area contributed by atoms with Crippen molar-refractivity contribution in [3.05, 3.63) is 90.2 Å². The zero-order valence-corrected chi connectivity index (χ0v) is 27.5. The molecule has 0 fully saturated rings. The van der Waals surface area contributed by atoms with E-state index in [0.717, 1.165) is 18.6 Å². The van der Waals surface area contributed by atoms with Crippen molar-refractivity contribution in [3.63, 3.8) is 0 Å². The van der Waals surface area contributed by atoms with Crippen molar-refractivity contribution in [1.82, 2.24) is 0 Å². The van der Waals surface area contributed by atoms with E-state index in [-0.39, 0.29) is 23.3 Å². The molecule has 2 rings (SSSR count). The molecule has 252 valence electrons. The van der Waals surface area contributed by atoms with Crippen molar-refractivity contribution in [2.45, 2.75) is 40.0 Å². The average Bonchev–Trinajstić information content (AvgIpc) is 3.06. The van der Waals surface area contributed by atoms with Crippen LogP contribution in [0.25, 0.3) is 0 Å².